The molecule has 0 saturated carbocycles. The molecule has 0 aliphatic carbocycles. The number of hydrazine groups is 1. The minimum atomic E-state index is -0.496. The maximum absolute atomic E-state index is 12.9. The quantitative estimate of drug-likeness (QED) is 0.357. The number of carbonyl (C=O) groups excluding carboxylic acids is 2. The van der Waals surface area contributed by atoms with Crippen LogP contribution >= 0.6 is 12.2 Å². The second kappa shape index (κ2) is 11.7. The fourth-order valence-electron chi connectivity index (χ4n) is 2.48. The maximum atomic E-state index is 12.9. The molecule has 0 spiro atoms. The van der Waals surface area contributed by atoms with E-state index in [4.69, 9.17) is 17.0 Å². The SMILES string of the molecule is CCC(C)c1ccccc1OCC(=O)NNC(=S)NC(=O)/C=C/c1ccc(F)cc1. The van der Waals surface area contributed by atoms with E-state index >= 15 is 0 Å². The molecule has 2 amide bonds. The first-order chi connectivity index (χ1) is 14.4. The number of ether oxygens (including phenoxy) is 1. The number of para-hydroxylation sites is 1. The van der Waals surface area contributed by atoms with E-state index in [1.807, 2.05) is 24.3 Å². The number of nitrogens with one attached hydrogen (secondary N) is 3. The van der Waals surface area contributed by atoms with Crippen molar-refractivity contribution in [2.75, 3.05) is 6.61 Å². The van der Waals surface area contributed by atoms with Gasteiger partial charge in [-0.1, -0.05) is 44.2 Å². The summed E-state index contributed by atoms with van der Waals surface area (Å²) < 4.78 is 18.5. The molecule has 3 N–H and O–H groups in total. The lowest BCUT2D eigenvalue weighted by molar-refractivity contribution is -0.123. The van der Waals surface area contributed by atoms with E-state index in [-0.39, 0.29) is 17.5 Å². The van der Waals surface area contributed by atoms with Crippen LogP contribution in [0.4, 0.5) is 4.39 Å². The third-order valence-corrected chi connectivity index (χ3v) is 4.47. The molecule has 0 saturated heterocycles. The predicted octanol–water partition coefficient (Wildman–Crippen LogP) is 3.45. The summed E-state index contributed by atoms with van der Waals surface area (Å²) in [4.78, 5) is 23.8. The summed E-state index contributed by atoms with van der Waals surface area (Å²) in [7, 11) is 0. The van der Waals surface area contributed by atoms with Crippen LogP contribution in [-0.2, 0) is 9.59 Å². The van der Waals surface area contributed by atoms with Gasteiger partial charge in [0.15, 0.2) is 11.7 Å². The van der Waals surface area contributed by atoms with Crippen LogP contribution in [0.2, 0.25) is 0 Å². The molecule has 2 rings (SSSR count). The zero-order chi connectivity index (χ0) is 21.9. The number of hydrogen-bond donors (Lipinski definition) is 3. The van der Waals surface area contributed by atoms with Crippen LogP contribution in [0.3, 0.4) is 0 Å². The van der Waals surface area contributed by atoms with Crippen molar-refractivity contribution in [3.63, 3.8) is 0 Å². The van der Waals surface area contributed by atoms with Crippen molar-refractivity contribution in [2.24, 2.45) is 0 Å². The number of hydrogen-bond acceptors (Lipinski definition) is 4. The number of carbonyl (C=O) groups is 2. The van der Waals surface area contributed by atoms with Gasteiger partial charge in [-0.3, -0.25) is 25.8 Å². The first-order valence-electron chi connectivity index (χ1n) is 9.44. The van der Waals surface area contributed by atoms with Gasteiger partial charge in [-0.15, -0.1) is 0 Å². The van der Waals surface area contributed by atoms with Gasteiger partial charge in [0, 0.05) is 6.08 Å². The molecule has 0 aliphatic rings. The molecule has 158 valence electrons. The summed E-state index contributed by atoms with van der Waals surface area (Å²) in [5.41, 5.74) is 6.50. The second-order valence-electron chi connectivity index (χ2n) is 6.51. The van der Waals surface area contributed by atoms with E-state index in [1.54, 1.807) is 0 Å². The van der Waals surface area contributed by atoms with E-state index in [9.17, 15) is 14.0 Å². The molecule has 1 atom stereocenters. The Balaban J connectivity index is 1.75. The molecule has 0 heterocycles. The van der Waals surface area contributed by atoms with Crippen molar-refractivity contribution in [3.8, 4) is 5.75 Å². The van der Waals surface area contributed by atoms with Crippen molar-refractivity contribution >= 4 is 35.2 Å². The zero-order valence-corrected chi connectivity index (χ0v) is 17.6. The monoisotopic (exact) mass is 429 g/mol. The Morgan fingerprint density at radius 2 is 1.83 bits per heavy atom. The van der Waals surface area contributed by atoms with Crippen LogP contribution in [0.5, 0.6) is 5.75 Å². The van der Waals surface area contributed by atoms with Gasteiger partial charge in [0.25, 0.3) is 5.91 Å². The van der Waals surface area contributed by atoms with E-state index in [1.165, 1.54) is 36.4 Å². The zero-order valence-electron chi connectivity index (χ0n) is 16.8. The van der Waals surface area contributed by atoms with Gasteiger partial charge in [-0.2, -0.15) is 0 Å². The molecule has 0 aliphatic heterocycles. The van der Waals surface area contributed by atoms with Crippen LogP contribution in [0.25, 0.3) is 6.08 Å². The average Bonchev–Trinajstić information content (AvgIpc) is 2.75. The Bertz CT molecular complexity index is 916. The molecule has 6 nitrogen and oxygen atoms in total. The van der Waals surface area contributed by atoms with Gasteiger partial charge < -0.3 is 4.74 Å². The van der Waals surface area contributed by atoms with Gasteiger partial charge in [0.1, 0.15) is 11.6 Å². The summed E-state index contributed by atoms with van der Waals surface area (Å²) in [6.45, 7) is 3.97. The van der Waals surface area contributed by atoms with Gasteiger partial charge in [0.2, 0.25) is 5.91 Å². The third kappa shape index (κ3) is 7.63. The standard InChI is InChI=1S/C22H24FN3O3S/c1-3-15(2)18-6-4-5-7-19(18)29-14-21(28)25-26-22(30)24-20(27)13-10-16-8-11-17(23)12-9-16/h4-13,15H,3,14H2,1-2H3,(H,25,28)(H2,24,26,27,30)/b13-10+. The van der Waals surface area contributed by atoms with Gasteiger partial charge in [-0.25, -0.2) is 4.39 Å². The summed E-state index contributed by atoms with van der Waals surface area (Å²) >= 11 is 4.96. The molecule has 30 heavy (non-hydrogen) atoms. The maximum Gasteiger partial charge on any atom is 0.276 e. The Kier molecular flexibility index (Phi) is 8.96. The largest absolute Gasteiger partial charge is 0.483 e. The van der Waals surface area contributed by atoms with Crippen LogP contribution in [0.1, 0.15) is 37.3 Å². The Labute approximate surface area is 180 Å². The van der Waals surface area contributed by atoms with E-state index in [0.717, 1.165) is 12.0 Å². The van der Waals surface area contributed by atoms with Crippen LogP contribution in [0.15, 0.2) is 54.6 Å². The molecule has 1 unspecified atom stereocenters. The lowest BCUT2D eigenvalue weighted by Crippen LogP contribution is -2.49. The minimum absolute atomic E-state index is 0.0721. The molecule has 8 heteroatoms. The van der Waals surface area contributed by atoms with Crippen LogP contribution in [0, 0.1) is 5.82 Å². The fraction of sp³-hybridized carbons (Fsp3) is 0.227. The highest BCUT2D eigenvalue weighted by Gasteiger charge is 2.11. The summed E-state index contributed by atoms with van der Waals surface area (Å²) in [6, 6.07) is 13.2. The van der Waals surface area contributed by atoms with Crippen molar-refractivity contribution in [1.82, 2.24) is 16.2 Å². The van der Waals surface area contributed by atoms with Crippen molar-refractivity contribution < 1.29 is 18.7 Å². The molecule has 0 radical (unpaired) electrons. The summed E-state index contributed by atoms with van der Waals surface area (Å²) in [6.07, 6.45) is 3.72. The molecular weight excluding hydrogens is 405 g/mol. The lowest BCUT2D eigenvalue weighted by atomic mass is 9.98. The third-order valence-electron chi connectivity index (χ3n) is 4.27. The Morgan fingerprint density at radius 1 is 1.13 bits per heavy atom. The Hall–Kier alpha value is -3.26. The molecule has 0 aromatic heterocycles. The van der Waals surface area contributed by atoms with Gasteiger partial charge >= 0.3 is 0 Å². The Morgan fingerprint density at radius 3 is 2.53 bits per heavy atom. The number of halogens is 1. The predicted molar refractivity (Wildman–Crippen MR) is 118 cm³/mol. The molecule has 0 bridgehead atoms. The van der Waals surface area contributed by atoms with E-state index < -0.39 is 11.8 Å². The fourth-order valence-corrected chi connectivity index (χ4v) is 2.63. The molecular formula is C22H24FN3O3S. The van der Waals surface area contributed by atoms with Gasteiger partial charge in [0.05, 0.1) is 0 Å². The lowest BCUT2D eigenvalue weighted by Gasteiger charge is -2.16. The molecule has 0 fully saturated rings. The van der Waals surface area contributed by atoms with Crippen LogP contribution in [-0.4, -0.2) is 23.5 Å². The second-order valence-corrected chi connectivity index (χ2v) is 6.92. The van der Waals surface area contributed by atoms with Crippen LogP contribution < -0.4 is 20.9 Å². The van der Waals surface area contributed by atoms with E-state index in [2.05, 4.69) is 30.0 Å². The highest BCUT2D eigenvalue weighted by molar-refractivity contribution is 7.80. The number of amides is 2. The smallest absolute Gasteiger partial charge is 0.276 e. The summed E-state index contributed by atoms with van der Waals surface area (Å²) in [5, 5.41) is 2.32. The van der Waals surface area contributed by atoms with Crippen molar-refractivity contribution in [2.45, 2.75) is 26.2 Å². The van der Waals surface area contributed by atoms with E-state index in [0.29, 0.717) is 17.2 Å². The first-order valence-corrected chi connectivity index (χ1v) is 9.85. The number of rotatable bonds is 7. The van der Waals surface area contributed by atoms with Crippen molar-refractivity contribution in [3.05, 3.63) is 71.6 Å². The topological polar surface area (TPSA) is 79.5 Å². The number of benzene rings is 2. The number of thiocarbonyl (C=S) groups is 1. The normalized spacial score (nSPS) is 11.6. The first kappa shape index (κ1) is 23.0. The minimum Gasteiger partial charge on any atom is -0.483 e. The van der Waals surface area contributed by atoms with Crippen molar-refractivity contribution in [1.29, 1.82) is 0 Å². The summed E-state index contributed by atoms with van der Waals surface area (Å²) in [5.74, 6) is -0.334. The molecule has 2 aromatic rings. The average molecular weight is 430 g/mol. The van der Waals surface area contributed by atoms with Gasteiger partial charge in [-0.05, 0) is 60.0 Å². The highest BCUT2D eigenvalue weighted by Crippen LogP contribution is 2.28. The molecule has 2 aromatic carbocycles. The highest BCUT2D eigenvalue weighted by atomic mass is 32.1.